The van der Waals surface area contributed by atoms with Gasteiger partial charge in [-0.1, -0.05) is 0 Å². The van der Waals surface area contributed by atoms with Gasteiger partial charge in [0.15, 0.2) is 6.10 Å². The Hall–Kier alpha value is -2.77. The number of anilines is 2. The highest BCUT2D eigenvalue weighted by Crippen LogP contribution is 2.30. The van der Waals surface area contributed by atoms with Crippen LogP contribution in [-0.2, 0) is 20.7 Å². The van der Waals surface area contributed by atoms with Crippen LogP contribution in [0.5, 0.6) is 0 Å². The van der Waals surface area contributed by atoms with Crippen molar-refractivity contribution in [1.82, 2.24) is 0 Å². The van der Waals surface area contributed by atoms with Gasteiger partial charge < -0.3 is 15.2 Å². The number of carbonyl (C=O) groups is 3. The zero-order chi connectivity index (χ0) is 15.9. The fourth-order valence-corrected chi connectivity index (χ4v) is 2.53. The van der Waals surface area contributed by atoms with Crippen molar-refractivity contribution in [2.45, 2.75) is 12.5 Å². The molecule has 0 bridgehead atoms. The van der Waals surface area contributed by atoms with Crippen LogP contribution in [0.1, 0.15) is 5.56 Å². The van der Waals surface area contributed by atoms with Crippen molar-refractivity contribution < 1.29 is 23.9 Å². The highest BCUT2D eigenvalue weighted by Gasteiger charge is 2.36. The van der Waals surface area contributed by atoms with Crippen molar-refractivity contribution in [2.24, 2.45) is 5.73 Å². The third kappa shape index (κ3) is 2.32. The molecule has 8 heteroatoms. The summed E-state index contributed by atoms with van der Waals surface area (Å²) in [5, 5.41) is 0. The Morgan fingerprint density at radius 2 is 2.09 bits per heavy atom. The minimum absolute atomic E-state index is 0.0816. The maximum Gasteiger partial charge on any atom is 0.415 e. The molecule has 1 fully saturated rings. The molecular formula is C14H15N3O5. The van der Waals surface area contributed by atoms with Gasteiger partial charge in [-0.05, 0) is 23.8 Å². The first-order valence-electron chi connectivity index (χ1n) is 6.78. The summed E-state index contributed by atoms with van der Waals surface area (Å²) in [4.78, 5) is 37.4. The third-order valence-corrected chi connectivity index (χ3v) is 3.74. The van der Waals surface area contributed by atoms with E-state index >= 15 is 0 Å². The molecule has 22 heavy (non-hydrogen) atoms. The van der Waals surface area contributed by atoms with Gasteiger partial charge in [-0.3, -0.25) is 14.6 Å². The molecule has 2 aliphatic rings. The molecule has 1 aromatic carbocycles. The van der Waals surface area contributed by atoms with Gasteiger partial charge in [0.25, 0.3) is 5.91 Å². The van der Waals surface area contributed by atoms with Crippen LogP contribution in [0.15, 0.2) is 18.2 Å². The quantitative estimate of drug-likeness (QED) is 0.863. The van der Waals surface area contributed by atoms with Gasteiger partial charge in [0, 0.05) is 19.2 Å². The Morgan fingerprint density at radius 1 is 1.32 bits per heavy atom. The van der Waals surface area contributed by atoms with Crippen LogP contribution >= 0.6 is 0 Å². The van der Waals surface area contributed by atoms with Crippen molar-refractivity contribution in [2.75, 3.05) is 30.0 Å². The second kappa shape index (κ2) is 5.21. The number of cyclic esters (lactones) is 2. The van der Waals surface area contributed by atoms with Crippen LogP contribution in [0.25, 0.3) is 0 Å². The number of carbonyl (C=O) groups excluding carboxylic acids is 3. The van der Waals surface area contributed by atoms with Gasteiger partial charge >= 0.3 is 12.2 Å². The monoisotopic (exact) mass is 305 g/mol. The molecule has 0 aliphatic carbocycles. The highest BCUT2D eigenvalue weighted by molar-refractivity contribution is 5.96. The molecule has 3 rings (SSSR count). The maximum absolute atomic E-state index is 11.8. The number of rotatable bonds is 2. The van der Waals surface area contributed by atoms with Gasteiger partial charge in [-0.25, -0.2) is 9.59 Å². The number of primary amides is 1. The average molecular weight is 305 g/mol. The van der Waals surface area contributed by atoms with Crippen molar-refractivity contribution in [3.05, 3.63) is 23.8 Å². The molecule has 0 spiro atoms. The minimum atomic E-state index is -0.945. The van der Waals surface area contributed by atoms with Crippen LogP contribution in [-0.4, -0.2) is 44.4 Å². The summed E-state index contributed by atoms with van der Waals surface area (Å²) in [6.45, 7) is 0.353. The van der Waals surface area contributed by atoms with Crippen molar-refractivity contribution >= 4 is 29.5 Å². The van der Waals surface area contributed by atoms with E-state index in [-0.39, 0.29) is 13.2 Å². The summed E-state index contributed by atoms with van der Waals surface area (Å²) in [5.74, 6) is -0.677. The van der Waals surface area contributed by atoms with E-state index < -0.39 is 24.2 Å². The Morgan fingerprint density at radius 3 is 2.77 bits per heavy atom. The van der Waals surface area contributed by atoms with Crippen LogP contribution in [0, 0.1) is 0 Å². The van der Waals surface area contributed by atoms with Gasteiger partial charge in [-0.2, -0.15) is 0 Å². The summed E-state index contributed by atoms with van der Waals surface area (Å²) in [7, 11) is 1.62. The second-order valence-electron chi connectivity index (χ2n) is 5.12. The van der Waals surface area contributed by atoms with E-state index in [0.29, 0.717) is 12.1 Å². The van der Waals surface area contributed by atoms with E-state index in [2.05, 4.69) is 0 Å². The van der Waals surface area contributed by atoms with Crippen LogP contribution in [0.4, 0.5) is 21.0 Å². The molecule has 1 aromatic rings. The zero-order valence-electron chi connectivity index (χ0n) is 11.9. The predicted octanol–water partition coefficient (Wildman–Crippen LogP) is 0.626. The lowest BCUT2D eigenvalue weighted by molar-refractivity contribution is -0.124. The molecule has 2 heterocycles. The fourth-order valence-electron chi connectivity index (χ4n) is 2.53. The molecule has 8 nitrogen and oxygen atoms in total. The van der Waals surface area contributed by atoms with Gasteiger partial charge in [-0.15, -0.1) is 0 Å². The van der Waals surface area contributed by atoms with Crippen LogP contribution in [0.2, 0.25) is 0 Å². The molecule has 2 N–H and O–H groups in total. The fraction of sp³-hybridized carbons (Fsp3) is 0.357. The molecule has 3 amide bonds. The Balaban J connectivity index is 1.91. The summed E-state index contributed by atoms with van der Waals surface area (Å²) < 4.78 is 9.97. The van der Waals surface area contributed by atoms with Crippen LogP contribution < -0.4 is 15.5 Å². The Kier molecular flexibility index (Phi) is 3.36. The lowest BCUT2D eigenvalue weighted by Crippen LogP contribution is -2.32. The lowest BCUT2D eigenvalue weighted by atomic mass is 10.1. The molecule has 2 aliphatic heterocycles. The van der Waals surface area contributed by atoms with Crippen molar-refractivity contribution in [3.63, 3.8) is 0 Å². The SMILES string of the molecule is CN1C(=O)OCCc2cc(N3C[C@H](C(N)=O)OC3=O)ccc21. The predicted molar refractivity (Wildman–Crippen MR) is 76.7 cm³/mol. The topological polar surface area (TPSA) is 102 Å². The Bertz CT molecular complexity index is 660. The first kappa shape index (κ1) is 14.2. The maximum atomic E-state index is 11.8. The van der Waals surface area contributed by atoms with E-state index in [1.54, 1.807) is 25.2 Å². The number of fused-ring (bicyclic) bond motifs is 1. The summed E-state index contributed by atoms with van der Waals surface area (Å²) in [5.41, 5.74) is 7.36. The van der Waals surface area contributed by atoms with E-state index in [0.717, 1.165) is 11.3 Å². The summed E-state index contributed by atoms with van der Waals surface area (Å²) in [6.07, 6.45) is -1.43. The zero-order valence-corrected chi connectivity index (χ0v) is 11.9. The van der Waals surface area contributed by atoms with Crippen LogP contribution in [0.3, 0.4) is 0 Å². The Labute approximate surface area is 126 Å². The molecule has 0 unspecified atom stereocenters. The van der Waals surface area contributed by atoms with E-state index in [9.17, 15) is 14.4 Å². The number of hydrogen-bond acceptors (Lipinski definition) is 5. The molecule has 0 saturated carbocycles. The van der Waals surface area contributed by atoms with E-state index in [4.69, 9.17) is 15.2 Å². The van der Waals surface area contributed by atoms with E-state index in [1.165, 1.54) is 9.80 Å². The first-order chi connectivity index (χ1) is 10.5. The minimum Gasteiger partial charge on any atom is -0.449 e. The second-order valence-corrected chi connectivity index (χ2v) is 5.12. The number of benzene rings is 1. The molecule has 0 radical (unpaired) electrons. The lowest BCUT2D eigenvalue weighted by Gasteiger charge is -2.19. The molecule has 116 valence electrons. The largest absolute Gasteiger partial charge is 0.449 e. The molecule has 0 aromatic heterocycles. The normalized spacial score (nSPS) is 21.0. The third-order valence-electron chi connectivity index (χ3n) is 3.74. The molecule has 1 saturated heterocycles. The number of nitrogens with two attached hydrogens (primary N) is 1. The number of nitrogens with zero attached hydrogens (tertiary/aromatic N) is 2. The number of amides is 3. The smallest absolute Gasteiger partial charge is 0.415 e. The summed E-state index contributed by atoms with van der Waals surface area (Å²) >= 11 is 0. The molecular weight excluding hydrogens is 290 g/mol. The van der Waals surface area contributed by atoms with Gasteiger partial charge in [0.1, 0.15) is 0 Å². The number of ether oxygens (including phenoxy) is 2. The van der Waals surface area contributed by atoms with Crippen molar-refractivity contribution in [1.29, 1.82) is 0 Å². The highest BCUT2D eigenvalue weighted by atomic mass is 16.6. The first-order valence-corrected chi connectivity index (χ1v) is 6.78. The van der Waals surface area contributed by atoms with Gasteiger partial charge in [0.2, 0.25) is 0 Å². The van der Waals surface area contributed by atoms with E-state index in [1.807, 2.05) is 0 Å². The van der Waals surface area contributed by atoms with Gasteiger partial charge in [0.05, 0.1) is 18.8 Å². The number of hydrogen-bond donors (Lipinski definition) is 1. The summed E-state index contributed by atoms with van der Waals surface area (Å²) in [6, 6.07) is 5.22. The standard InChI is InChI=1S/C14H15N3O5/c1-16-10-3-2-9(6-8(10)4-5-21-13(16)19)17-7-11(12(15)18)22-14(17)20/h2-3,6,11H,4-5,7H2,1H3,(H2,15,18)/t11-/m1/s1. The average Bonchev–Trinajstić information content (AvgIpc) is 2.82. The molecule has 1 atom stereocenters. The van der Waals surface area contributed by atoms with Crippen molar-refractivity contribution in [3.8, 4) is 0 Å².